The molecular weight excluding hydrogens is 248 g/mol. The van der Waals surface area contributed by atoms with Gasteiger partial charge in [-0.2, -0.15) is 11.8 Å². The molecule has 0 atom stereocenters. The van der Waals surface area contributed by atoms with Crippen molar-refractivity contribution < 1.29 is 9.90 Å². The van der Waals surface area contributed by atoms with Gasteiger partial charge in [0.15, 0.2) is 0 Å². The highest BCUT2D eigenvalue weighted by Crippen LogP contribution is 2.15. The molecule has 0 aliphatic heterocycles. The predicted octanol–water partition coefficient (Wildman–Crippen LogP) is 0.993. The van der Waals surface area contributed by atoms with Gasteiger partial charge in [0.05, 0.1) is 0 Å². The van der Waals surface area contributed by atoms with Crippen molar-refractivity contribution in [3.05, 3.63) is 0 Å². The standard InChI is InChI=1S/C8H14N4O2S2/c1-2-15-4-3-5-16-8-9-10-11-12(8)6-7(13)14/h2-6H2,1H3,(H,13,14). The molecule has 0 bridgehead atoms. The summed E-state index contributed by atoms with van der Waals surface area (Å²) in [6.07, 6.45) is 1.07. The van der Waals surface area contributed by atoms with E-state index in [2.05, 4.69) is 22.4 Å². The first-order valence-electron chi connectivity index (χ1n) is 4.92. The normalized spacial score (nSPS) is 10.6. The number of aliphatic carboxylic acids is 1. The van der Waals surface area contributed by atoms with Gasteiger partial charge in [0.2, 0.25) is 5.16 Å². The molecule has 0 aliphatic carbocycles. The zero-order valence-corrected chi connectivity index (χ0v) is 10.6. The van der Waals surface area contributed by atoms with E-state index >= 15 is 0 Å². The lowest BCUT2D eigenvalue weighted by Crippen LogP contribution is -2.11. The highest BCUT2D eigenvalue weighted by Gasteiger charge is 2.09. The second kappa shape index (κ2) is 7.50. The SMILES string of the molecule is CCSCCCSc1nnnn1CC(=O)O. The molecule has 0 fully saturated rings. The molecule has 8 heteroatoms. The van der Waals surface area contributed by atoms with Crippen LogP contribution in [-0.2, 0) is 11.3 Å². The quantitative estimate of drug-likeness (QED) is 0.552. The number of carbonyl (C=O) groups is 1. The molecule has 0 saturated heterocycles. The number of hydrogen-bond donors (Lipinski definition) is 1. The van der Waals surface area contributed by atoms with Gasteiger partial charge in [-0.1, -0.05) is 18.7 Å². The largest absolute Gasteiger partial charge is 0.480 e. The van der Waals surface area contributed by atoms with Crippen molar-refractivity contribution in [1.29, 1.82) is 0 Å². The third kappa shape index (κ3) is 4.84. The van der Waals surface area contributed by atoms with Crippen LogP contribution in [-0.4, -0.2) is 48.5 Å². The summed E-state index contributed by atoms with van der Waals surface area (Å²) in [4.78, 5) is 10.5. The Morgan fingerprint density at radius 1 is 1.50 bits per heavy atom. The minimum Gasteiger partial charge on any atom is -0.480 e. The zero-order valence-electron chi connectivity index (χ0n) is 9.00. The number of nitrogens with zero attached hydrogens (tertiary/aromatic N) is 4. The summed E-state index contributed by atoms with van der Waals surface area (Å²) < 4.78 is 1.31. The summed E-state index contributed by atoms with van der Waals surface area (Å²) in [6, 6.07) is 0. The maximum absolute atomic E-state index is 10.5. The number of rotatable bonds is 8. The van der Waals surface area contributed by atoms with Crippen molar-refractivity contribution in [2.24, 2.45) is 0 Å². The molecular formula is C8H14N4O2S2. The van der Waals surface area contributed by atoms with Crippen LogP contribution in [0.5, 0.6) is 0 Å². The van der Waals surface area contributed by atoms with E-state index in [-0.39, 0.29) is 6.54 Å². The van der Waals surface area contributed by atoms with E-state index in [1.165, 1.54) is 16.4 Å². The number of tetrazole rings is 1. The van der Waals surface area contributed by atoms with Gasteiger partial charge >= 0.3 is 5.97 Å². The van der Waals surface area contributed by atoms with Crippen molar-refractivity contribution in [2.45, 2.75) is 25.0 Å². The van der Waals surface area contributed by atoms with Crippen LogP contribution in [0.3, 0.4) is 0 Å². The molecule has 0 aliphatic rings. The van der Waals surface area contributed by atoms with Crippen LogP contribution in [0.1, 0.15) is 13.3 Å². The summed E-state index contributed by atoms with van der Waals surface area (Å²) in [6.45, 7) is 1.95. The highest BCUT2D eigenvalue weighted by atomic mass is 32.2. The molecule has 1 aromatic heterocycles. The molecule has 1 rings (SSSR count). The van der Waals surface area contributed by atoms with Crippen LogP contribution >= 0.6 is 23.5 Å². The summed E-state index contributed by atoms with van der Waals surface area (Å²) in [5.41, 5.74) is 0. The summed E-state index contributed by atoms with van der Waals surface area (Å²) in [7, 11) is 0. The van der Waals surface area contributed by atoms with Crippen molar-refractivity contribution in [3.63, 3.8) is 0 Å². The minimum atomic E-state index is -0.935. The molecule has 0 spiro atoms. The van der Waals surface area contributed by atoms with Crippen molar-refractivity contribution in [2.75, 3.05) is 17.3 Å². The number of thioether (sulfide) groups is 2. The lowest BCUT2D eigenvalue weighted by Gasteiger charge is -2.01. The summed E-state index contributed by atoms with van der Waals surface area (Å²) in [5.74, 6) is 2.22. The molecule has 1 aromatic rings. The number of carboxylic acids is 1. The monoisotopic (exact) mass is 262 g/mol. The zero-order chi connectivity index (χ0) is 11.8. The van der Waals surface area contributed by atoms with Crippen LogP contribution < -0.4 is 0 Å². The first kappa shape index (κ1) is 13.3. The van der Waals surface area contributed by atoms with Gasteiger partial charge in [-0.05, 0) is 28.4 Å². The van der Waals surface area contributed by atoms with Gasteiger partial charge in [0.1, 0.15) is 6.54 Å². The number of carboxylic acid groups (broad SMARTS) is 1. The second-order valence-electron chi connectivity index (χ2n) is 2.91. The number of hydrogen-bond acceptors (Lipinski definition) is 6. The van der Waals surface area contributed by atoms with Crippen molar-refractivity contribution in [1.82, 2.24) is 20.2 Å². The fourth-order valence-corrected chi connectivity index (χ4v) is 2.63. The Balaban J connectivity index is 2.30. The third-order valence-corrected chi connectivity index (χ3v) is 3.68. The Morgan fingerprint density at radius 3 is 3.00 bits per heavy atom. The Hall–Kier alpha value is -0.760. The molecule has 90 valence electrons. The molecule has 0 radical (unpaired) electrons. The van der Waals surface area contributed by atoms with E-state index in [1.54, 1.807) is 0 Å². The molecule has 0 amide bonds. The second-order valence-corrected chi connectivity index (χ2v) is 5.37. The van der Waals surface area contributed by atoms with Gasteiger partial charge in [0.25, 0.3) is 0 Å². The van der Waals surface area contributed by atoms with E-state index < -0.39 is 5.97 Å². The maximum atomic E-state index is 10.5. The average molecular weight is 262 g/mol. The highest BCUT2D eigenvalue weighted by molar-refractivity contribution is 8.00. The summed E-state index contributed by atoms with van der Waals surface area (Å²) in [5, 5.41) is 20.1. The fourth-order valence-electron chi connectivity index (χ4n) is 0.996. The number of aromatic nitrogens is 4. The third-order valence-electron chi connectivity index (χ3n) is 1.65. The van der Waals surface area contributed by atoms with Crippen LogP contribution in [0.25, 0.3) is 0 Å². The van der Waals surface area contributed by atoms with Gasteiger partial charge < -0.3 is 5.11 Å². The smallest absolute Gasteiger partial charge is 0.325 e. The van der Waals surface area contributed by atoms with Crippen LogP contribution in [0.15, 0.2) is 5.16 Å². The molecule has 0 aromatic carbocycles. The maximum Gasteiger partial charge on any atom is 0.325 e. The molecule has 0 unspecified atom stereocenters. The lowest BCUT2D eigenvalue weighted by atomic mass is 10.6. The van der Waals surface area contributed by atoms with Crippen molar-refractivity contribution >= 4 is 29.5 Å². The fraction of sp³-hybridized carbons (Fsp3) is 0.750. The summed E-state index contributed by atoms with van der Waals surface area (Å²) >= 11 is 3.39. The predicted molar refractivity (Wildman–Crippen MR) is 63.8 cm³/mol. The first-order valence-corrected chi connectivity index (χ1v) is 7.06. The van der Waals surface area contributed by atoms with Crippen LogP contribution in [0.4, 0.5) is 0 Å². The Kier molecular flexibility index (Phi) is 6.24. The van der Waals surface area contributed by atoms with Gasteiger partial charge in [-0.3, -0.25) is 4.79 Å². The van der Waals surface area contributed by atoms with Crippen LogP contribution in [0, 0.1) is 0 Å². The van der Waals surface area contributed by atoms with E-state index in [0.29, 0.717) is 5.16 Å². The minimum absolute atomic E-state index is 0.182. The molecule has 16 heavy (non-hydrogen) atoms. The lowest BCUT2D eigenvalue weighted by molar-refractivity contribution is -0.138. The topological polar surface area (TPSA) is 80.9 Å². The Bertz CT molecular complexity index is 332. The van der Waals surface area contributed by atoms with Crippen LogP contribution in [0.2, 0.25) is 0 Å². The van der Waals surface area contributed by atoms with Gasteiger partial charge in [-0.15, -0.1) is 5.10 Å². The van der Waals surface area contributed by atoms with E-state index in [1.807, 2.05) is 11.8 Å². The Morgan fingerprint density at radius 2 is 2.31 bits per heavy atom. The van der Waals surface area contributed by atoms with E-state index in [9.17, 15) is 4.79 Å². The first-order chi connectivity index (χ1) is 7.74. The molecule has 1 heterocycles. The molecule has 0 saturated carbocycles. The molecule has 6 nitrogen and oxygen atoms in total. The average Bonchev–Trinajstić information content (AvgIpc) is 2.64. The van der Waals surface area contributed by atoms with E-state index in [4.69, 9.17) is 5.11 Å². The van der Waals surface area contributed by atoms with Gasteiger partial charge in [-0.25, -0.2) is 4.68 Å². The van der Waals surface area contributed by atoms with E-state index in [0.717, 1.165) is 23.7 Å². The van der Waals surface area contributed by atoms with Gasteiger partial charge in [0, 0.05) is 5.75 Å². The van der Waals surface area contributed by atoms with Crippen molar-refractivity contribution in [3.8, 4) is 0 Å². The molecule has 1 N–H and O–H groups in total. The Labute approximate surface area is 102 Å².